The number of carboxylic acid groups (broad SMARTS) is 1. The van der Waals surface area contributed by atoms with E-state index in [0.29, 0.717) is 26.1 Å². The van der Waals surface area contributed by atoms with E-state index in [4.69, 9.17) is 5.11 Å². The lowest BCUT2D eigenvalue weighted by Crippen LogP contribution is -2.47. The van der Waals surface area contributed by atoms with Gasteiger partial charge in [0.05, 0.1) is 12.1 Å². The number of aliphatic carboxylic acids is 1. The van der Waals surface area contributed by atoms with Gasteiger partial charge in [0.1, 0.15) is 0 Å². The van der Waals surface area contributed by atoms with Gasteiger partial charge in [-0.3, -0.25) is 9.59 Å². The van der Waals surface area contributed by atoms with Gasteiger partial charge < -0.3 is 20.4 Å². The van der Waals surface area contributed by atoms with E-state index >= 15 is 0 Å². The third-order valence-electron chi connectivity index (χ3n) is 3.80. The Bertz CT molecular complexity index is 326. The summed E-state index contributed by atoms with van der Waals surface area (Å²) in [5.74, 6) is -0.533. The number of aliphatic hydroxyl groups is 1. The van der Waals surface area contributed by atoms with Gasteiger partial charge in [0, 0.05) is 26.1 Å². The number of likely N-dealkylation sites (tertiary alicyclic amines) is 1. The fourth-order valence-corrected chi connectivity index (χ4v) is 2.73. The molecule has 0 saturated carbocycles. The number of carbonyl (C=O) groups excluding carboxylic acids is 1. The van der Waals surface area contributed by atoms with Crippen LogP contribution in [0.15, 0.2) is 0 Å². The molecule has 0 aromatic rings. The first-order valence-electron chi connectivity index (χ1n) is 6.48. The number of carbonyl (C=O) groups is 2. The Kier molecular flexibility index (Phi) is 4.19. The predicted molar refractivity (Wildman–Crippen MR) is 64.0 cm³/mol. The summed E-state index contributed by atoms with van der Waals surface area (Å²) in [6.07, 6.45) is 1.76. The van der Waals surface area contributed by atoms with Crippen LogP contribution in [0.4, 0.5) is 0 Å². The average molecular weight is 256 g/mol. The second kappa shape index (κ2) is 5.67. The Morgan fingerprint density at radius 2 is 1.94 bits per heavy atom. The molecular formula is C12H20N2O4. The largest absolute Gasteiger partial charge is 0.481 e. The highest BCUT2D eigenvalue weighted by molar-refractivity contribution is 5.82. The minimum absolute atomic E-state index is 0.0420. The minimum atomic E-state index is -0.764. The van der Waals surface area contributed by atoms with Crippen molar-refractivity contribution >= 4 is 11.9 Å². The lowest BCUT2D eigenvalue weighted by Gasteiger charge is -2.33. The van der Waals surface area contributed by atoms with Crippen LogP contribution in [0.3, 0.4) is 0 Å². The zero-order valence-corrected chi connectivity index (χ0v) is 10.3. The van der Waals surface area contributed by atoms with Gasteiger partial charge in [-0.15, -0.1) is 0 Å². The van der Waals surface area contributed by atoms with Gasteiger partial charge in [-0.2, -0.15) is 0 Å². The number of nitrogens with zero attached hydrogens (tertiary/aromatic N) is 1. The minimum Gasteiger partial charge on any atom is -0.481 e. The maximum atomic E-state index is 12.1. The van der Waals surface area contributed by atoms with Crippen LogP contribution in [-0.4, -0.2) is 58.8 Å². The molecule has 1 amide bonds. The molecule has 2 aliphatic heterocycles. The molecule has 2 fully saturated rings. The number of rotatable bonds is 3. The lowest BCUT2D eigenvalue weighted by molar-refractivity contribution is -0.139. The molecule has 0 aromatic carbocycles. The van der Waals surface area contributed by atoms with Crippen molar-refractivity contribution in [2.24, 2.45) is 5.92 Å². The second-order valence-corrected chi connectivity index (χ2v) is 5.22. The van der Waals surface area contributed by atoms with Crippen molar-refractivity contribution in [1.82, 2.24) is 10.2 Å². The van der Waals surface area contributed by atoms with E-state index in [1.54, 1.807) is 4.90 Å². The van der Waals surface area contributed by atoms with Crippen LogP contribution in [0.1, 0.15) is 25.7 Å². The smallest absolute Gasteiger partial charge is 0.303 e. The molecule has 6 nitrogen and oxygen atoms in total. The molecule has 2 heterocycles. The monoisotopic (exact) mass is 256 g/mol. The predicted octanol–water partition coefficient (Wildman–Crippen LogP) is -0.577. The number of aliphatic hydroxyl groups excluding tert-OH is 1. The van der Waals surface area contributed by atoms with Crippen molar-refractivity contribution in [3.8, 4) is 0 Å². The SMILES string of the molecule is O=C(O)CC1CCN(C(=O)C2CC(O)CN2)CC1. The lowest BCUT2D eigenvalue weighted by atomic mass is 9.93. The highest BCUT2D eigenvalue weighted by Gasteiger charge is 2.33. The highest BCUT2D eigenvalue weighted by atomic mass is 16.4. The zero-order chi connectivity index (χ0) is 13.1. The van der Waals surface area contributed by atoms with Crippen molar-refractivity contribution in [2.75, 3.05) is 19.6 Å². The molecule has 6 heteroatoms. The van der Waals surface area contributed by atoms with Crippen molar-refractivity contribution < 1.29 is 19.8 Å². The molecule has 2 unspecified atom stereocenters. The molecule has 2 atom stereocenters. The number of carboxylic acids is 1. The summed E-state index contributed by atoms with van der Waals surface area (Å²) in [5.41, 5.74) is 0. The van der Waals surface area contributed by atoms with Gasteiger partial charge in [0.25, 0.3) is 0 Å². The van der Waals surface area contributed by atoms with Crippen molar-refractivity contribution in [3.63, 3.8) is 0 Å². The first-order valence-corrected chi connectivity index (χ1v) is 6.48. The number of hydrogen-bond donors (Lipinski definition) is 3. The molecule has 18 heavy (non-hydrogen) atoms. The highest BCUT2D eigenvalue weighted by Crippen LogP contribution is 2.22. The van der Waals surface area contributed by atoms with Gasteiger partial charge in [0.15, 0.2) is 0 Å². The summed E-state index contributed by atoms with van der Waals surface area (Å²) >= 11 is 0. The molecule has 0 aliphatic carbocycles. The fourth-order valence-electron chi connectivity index (χ4n) is 2.73. The maximum Gasteiger partial charge on any atom is 0.303 e. The summed E-state index contributed by atoms with van der Waals surface area (Å²) in [4.78, 5) is 24.5. The molecule has 2 aliphatic rings. The normalized spacial score (nSPS) is 29.5. The van der Waals surface area contributed by atoms with Crippen molar-refractivity contribution in [1.29, 1.82) is 0 Å². The Hall–Kier alpha value is -1.14. The van der Waals surface area contributed by atoms with Crippen LogP contribution in [0.25, 0.3) is 0 Å². The molecule has 0 bridgehead atoms. The molecule has 2 rings (SSSR count). The van der Waals surface area contributed by atoms with Crippen LogP contribution in [0.5, 0.6) is 0 Å². The molecule has 2 saturated heterocycles. The van der Waals surface area contributed by atoms with Gasteiger partial charge >= 0.3 is 5.97 Å². The van der Waals surface area contributed by atoms with Crippen molar-refractivity contribution in [2.45, 2.75) is 37.8 Å². The van der Waals surface area contributed by atoms with E-state index in [1.165, 1.54) is 0 Å². The first-order chi connectivity index (χ1) is 8.56. The number of β-amino-alcohol motifs (C(OH)–C–C–N with tert-alkyl or cyclic N) is 1. The third-order valence-corrected chi connectivity index (χ3v) is 3.80. The third kappa shape index (κ3) is 3.20. The maximum absolute atomic E-state index is 12.1. The molecule has 3 N–H and O–H groups in total. The van der Waals surface area contributed by atoms with Gasteiger partial charge in [-0.1, -0.05) is 0 Å². The van der Waals surface area contributed by atoms with E-state index in [9.17, 15) is 14.7 Å². The van der Waals surface area contributed by atoms with Gasteiger partial charge in [-0.05, 0) is 25.2 Å². The number of nitrogens with one attached hydrogen (secondary N) is 1. The average Bonchev–Trinajstić information content (AvgIpc) is 2.75. The second-order valence-electron chi connectivity index (χ2n) is 5.22. The van der Waals surface area contributed by atoms with E-state index in [2.05, 4.69) is 5.32 Å². The van der Waals surface area contributed by atoms with E-state index in [0.717, 1.165) is 12.8 Å². The first kappa shape index (κ1) is 13.3. The van der Waals surface area contributed by atoms with Crippen LogP contribution < -0.4 is 5.32 Å². The van der Waals surface area contributed by atoms with E-state index < -0.39 is 12.1 Å². The topological polar surface area (TPSA) is 89.9 Å². The summed E-state index contributed by atoms with van der Waals surface area (Å²) in [6, 6.07) is -0.268. The number of hydrogen-bond acceptors (Lipinski definition) is 4. The quantitative estimate of drug-likeness (QED) is 0.629. The van der Waals surface area contributed by atoms with Crippen LogP contribution in [0, 0.1) is 5.92 Å². The Morgan fingerprint density at radius 3 is 2.44 bits per heavy atom. The Morgan fingerprint density at radius 1 is 1.28 bits per heavy atom. The van der Waals surface area contributed by atoms with E-state index in [-0.39, 0.29) is 24.3 Å². The molecular weight excluding hydrogens is 236 g/mol. The zero-order valence-electron chi connectivity index (χ0n) is 10.3. The standard InChI is InChI=1S/C12H20N2O4/c15-9-6-10(13-7-9)12(18)14-3-1-8(2-4-14)5-11(16)17/h8-10,13,15H,1-7H2,(H,16,17). The van der Waals surface area contributed by atoms with Crippen LogP contribution in [0.2, 0.25) is 0 Å². The summed E-state index contributed by atoms with van der Waals surface area (Å²) in [5, 5.41) is 21.1. The molecule has 0 spiro atoms. The Labute approximate surface area is 106 Å². The van der Waals surface area contributed by atoms with Gasteiger partial charge in [0.2, 0.25) is 5.91 Å². The fraction of sp³-hybridized carbons (Fsp3) is 0.833. The molecule has 102 valence electrons. The van der Waals surface area contributed by atoms with Gasteiger partial charge in [-0.25, -0.2) is 0 Å². The molecule has 0 radical (unpaired) electrons. The number of amides is 1. The summed E-state index contributed by atoms with van der Waals surface area (Å²) in [6.45, 7) is 1.74. The van der Waals surface area contributed by atoms with Crippen molar-refractivity contribution in [3.05, 3.63) is 0 Å². The van der Waals surface area contributed by atoms with E-state index in [1.807, 2.05) is 0 Å². The van der Waals surface area contributed by atoms with Crippen LogP contribution in [-0.2, 0) is 9.59 Å². The van der Waals surface area contributed by atoms with Crippen LogP contribution >= 0.6 is 0 Å². The molecule has 0 aromatic heterocycles. The summed E-state index contributed by atoms with van der Waals surface area (Å²) in [7, 11) is 0. The Balaban J connectivity index is 1.79. The number of piperidine rings is 1. The summed E-state index contributed by atoms with van der Waals surface area (Å²) < 4.78 is 0.